The number of ketones is 5. The molecule has 5 aliphatic heterocycles. The van der Waals surface area contributed by atoms with E-state index in [1.165, 1.54) is 19.1 Å². The molecule has 2 bridgehead atoms. The number of aliphatic hydroxyl groups is 3. The fourth-order valence-electron chi connectivity index (χ4n) is 18.7. The topological polar surface area (TPSA) is 321 Å². The third kappa shape index (κ3) is 19.6. The molecule has 0 aromatic carbocycles. The molecule has 0 aromatic heterocycles. The summed E-state index contributed by atoms with van der Waals surface area (Å²) in [6.45, 7) is 17.4. The minimum Gasteiger partial charge on any atom is -0.504 e. The fraction of sp³-hybridized carbons (Fsp3) is 0.718. The van der Waals surface area contributed by atoms with Crippen LogP contribution in [0.1, 0.15) is 216 Å². The van der Waals surface area contributed by atoms with Crippen molar-refractivity contribution < 1.29 is 106 Å². The lowest BCUT2D eigenvalue weighted by molar-refractivity contribution is -0.265. The number of piperidine rings is 2. The molecule has 0 spiro atoms. The Kier molecular flexibility index (Phi) is 30.2. The van der Waals surface area contributed by atoms with Gasteiger partial charge in [0.2, 0.25) is 11.6 Å². The van der Waals surface area contributed by atoms with E-state index in [2.05, 4.69) is 0 Å². The first-order chi connectivity index (χ1) is 51.8. The van der Waals surface area contributed by atoms with E-state index in [4.69, 9.17) is 42.6 Å². The van der Waals surface area contributed by atoms with Crippen LogP contribution >= 0.6 is 0 Å². The number of ether oxygens (including phenoxy) is 9. The van der Waals surface area contributed by atoms with E-state index >= 15 is 0 Å². The van der Waals surface area contributed by atoms with Crippen LogP contribution < -0.4 is 0 Å². The SMILES string of the molecule is COC[C@H]1OC(=O)/C(=C\N2CCCCC2)C2=C(O)C(=O)C3=C([C@H](OC(=O)CCCCCCC(=O)O[C@@H]4CC[C@@H](C[C@@H](C)[C@@H]5CC(=O)[C@H](C)/C=C(\C)[C@@H](O)[C@@H](OC)C(=O)[C@H](C)C[C@H](C)/C=C/C=C/C=C(\C)[C@@H](OC)C[C@@H]6CC[C@@H](C)[C@@](O)(O6)C(=O)C(=O)N6CCCC[C@H]6C(=O)O5)C[C@H]4OC)C[C@]4(C)C(=O)CC[C@@H]34)[C@]21C. The molecule has 0 aromatic rings. The van der Waals surface area contributed by atoms with E-state index in [0.29, 0.717) is 114 Å². The third-order valence-corrected chi connectivity index (χ3v) is 25.3. The van der Waals surface area contributed by atoms with E-state index in [1.54, 1.807) is 68.0 Å². The van der Waals surface area contributed by atoms with Gasteiger partial charge in [0.1, 0.15) is 54.2 Å². The number of carbonyl (C=O) groups excluding carboxylic acids is 10. The molecule has 20 atom stereocenters. The molecule has 1 amide bonds. The van der Waals surface area contributed by atoms with Crippen LogP contribution in [-0.4, -0.2) is 205 Å². The first kappa shape index (κ1) is 86.2. The van der Waals surface area contributed by atoms with Crippen LogP contribution in [0, 0.1) is 52.3 Å². The van der Waals surface area contributed by atoms with Gasteiger partial charge >= 0.3 is 23.9 Å². The molecule has 3 N–H and O–H groups in total. The molecule has 6 fully saturated rings. The second-order valence-corrected chi connectivity index (χ2v) is 33.2. The summed E-state index contributed by atoms with van der Waals surface area (Å²) in [5.41, 5.74) is -0.409. The van der Waals surface area contributed by atoms with E-state index in [1.807, 2.05) is 56.1 Å². The zero-order valence-corrected chi connectivity index (χ0v) is 66.6. The number of rotatable bonds is 18. The summed E-state index contributed by atoms with van der Waals surface area (Å²) >= 11 is 0. The molecule has 4 saturated heterocycles. The molecule has 4 aliphatic carbocycles. The third-order valence-electron chi connectivity index (χ3n) is 25.3. The monoisotopic (exact) mass is 1520 g/mol. The highest BCUT2D eigenvalue weighted by molar-refractivity contribution is 6.39. The number of aliphatic hydroxyl groups excluding tert-OH is 2. The van der Waals surface area contributed by atoms with Gasteiger partial charge in [0.25, 0.3) is 11.7 Å². The van der Waals surface area contributed by atoms with Crippen LogP contribution in [0.2, 0.25) is 0 Å². The van der Waals surface area contributed by atoms with Crippen molar-refractivity contribution in [3.05, 3.63) is 81.9 Å². The number of esters is 4. The number of cyclic esters (lactones) is 2. The lowest BCUT2D eigenvalue weighted by Crippen LogP contribution is -2.61. The van der Waals surface area contributed by atoms with Gasteiger partial charge < -0.3 is 67.8 Å². The quantitative estimate of drug-likeness (QED) is 0.0287. The molecule has 5 heterocycles. The van der Waals surface area contributed by atoms with Gasteiger partial charge in [-0.1, -0.05) is 90.8 Å². The smallest absolute Gasteiger partial charge is 0.340 e. The Labute approximate surface area is 643 Å². The normalized spacial score (nSPS) is 37.5. The van der Waals surface area contributed by atoms with Gasteiger partial charge in [0, 0.05) is 133 Å². The van der Waals surface area contributed by atoms with Gasteiger partial charge in [-0.15, -0.1) is 0 Å². The van der Waals surface area contributed by atoms with Crippen LogP contribution in [0.4, 0.5) is 0 Å². The molecule has 109 heavy (non-hydrogen) atoms. The summed E-state index contributed by atoms with van der Waals surface area (Å²) in [5.74, 6) is -12.4. The maximum atomic E-state index is 14.8. The zero-order valence-electron chi connectivity index (χ0n) is 66.6. The average molecular weight is 1520 g/mol. The summed E-state index contributed by atoms with van der Waals surface area (Å²) in [6, 6.07) is -1.23. The maximum absolute atomic E-state index is 14.8. The lowest BCUT2D eigenvalue weighted by atomic mass is 9.53. The molecular formula is C85H122N2O22. The first-order valence-electron chi connectivity index (χ1n) is 40.1. The largest absolute Gasteiger partial charge is 0.504 e. The van der Waals surface area contributed by atoms with Crippen molar-refractivity contribution in [2.75, 3.05) is 54.7 Å². The molecule has 0 radical (unpaired) electrons. The van der Waals surface area contributed by atoms with Crippen LogP contribution in [0.25, 0.3) is 0 Å². The summed E-state index contributed by atoms with van der Waals surface area (Å²) in [6.07, 6.45) is 14.9. The van der Waals surface area contributed by atoms with Crippen molar-refractivity contribution in [1.82, 2.24) is 9.80 Å². The van der Waals surface area contributed by atoms with Crippen LogP contribution in [0.3, 0.4) is 0 Å². The molecule has 2 saturated carbocycles. The number of likely N-dealkylation sites (tertiary alicyclic amines) is 1. The highest BCUT2D eigenvalue weighted by Gasteiger charge is 2.65. The van der Waals surface area contributed by atoms with E-state index < -0.39 is 154 Å². The molecule has 9 aliphatic rings. The first-order valence-corrected chi connectivity index (χ1v) is 40.1. The Morgan fingerprint density at radius 1 is 0.743 bits per heavy atom. The zero-order chi connectivity index (χ0) is 79.4. The van der Waals surface area contributed by atoms with Crippen LogP contribution in [-0.2, 0) is 90.6 Å². The minimum absolute atomic E-state index is 0.000603. The van der Waals surface area contributed by atoms with Crippen molar-refractivity contribution in [2.24, 2.45) is 52.3 Å². The van der Waals surface area contributed by atoms with Crippen LogP contribution in [0.15, 0.2) is 81.9 Å². The van der Waals surface area contributed by atoms with Crippen molar-refractivity contribution in [3.8, 4) is 0 Å². The minimum atomic E-state index is -2.50. The Morgan fingerprint density at radius 2 is 1.44 bits per heavy atom. The lowest BCUT2D eigenvalue weighted by Gasteiger charge is -2.53. The number of methoxy groups -OCH3 is 4. The number of Topliss-reactive ketones (excluding diaryl/α,β-unsaturated/α-hetero) is 5. The summed E-state index contributed by atoms with van der Waals surface area (Å²) in [7, 11) is 5.94. The number of hydrogen-bond donors (Lipinski definition) is 3. The predicted octanol–water partition coefficient (Wildman–Crippen LogP) is 11.0. The maximum Gasteiger partial charge on any atom is 0.340 e. The molecule has 604 valence electrons. The Balaban J connectivity index is 0.834. The molecule has 24 nitrogen and oxygen atoms in total. The number of nitrogens with zero attached hydrogens (tertiary/aromatic N) is 2. The number of amides is 1. The van der Waals surface area contributed by atoms with Gasteiger partial charge in [-0.2, -0.15) is 0 Å². The fourth-order valence-corrected chi connectivity index (χ4v) is 18.7. The van der Waals surface area contributed by atoms with Gasteiger partial charge in [-0.05, 0) is 158 Å². The van der Waals surface area contributed by atoms with E-state index in [-0.39, 0.29) is 104 Å². The number of carbonyl (C=O) groups is 10. The number of unbranched alkanes of at least 4 members (excludes halogenated alkanes) is 3. The number of hydrogen-bond acceptors (Lipinski definition) is 23. The molecule has 0 unspecified atom stereocenters. The number of allylic oxidation sites excluding steroid dienone is 7. The Bertz CT molecular complexity index is 3580. The van der Waals surface area contributed by atoms with Gasteiger partial charge in [-0.3, -0.25) is 38.4 Å². The van der Waals surface area contributed by atoms with Crippen molar-refractivity contribution in [2.45, 2.75) is 283 Å². The Morgan fingerprint density at radius 3 is 2.12 bits per heavy atom. The number of fused-ring (bicyclic) bond motifs is 7. The molecular weight excluding hydrogens is 1400 g/mol. The molecule has 24 heteroatoms. The van der Waals surface area contributed by atoms with E-state index in [9.17, 15) is 63.3 Å². The van der Waals surface area contributed by atoms with Crippen molar-refractivity contribution in [3.63, 3.8) is 0 Å². The summed E-state index contributed by atoms with van der Waals surface area (Å²) in [5, 5.41) is 35.9. The van der Waals surface area contributed by atoms with Crippen molar-refractivity contribution in [1.29, 1.82) is 0 Å². The predicted molar refractivity (Wildman–Crippen MR) is 402 cm³/mol. The van der Waals surface area contributed by atoms with Crippen LogP contribution in [0.5, 0.6) is 0 Å². The van der Waals surface area contributed by atoms with Gasteiger partial charge in [0.15, 0.2) is 11.5 Å². The standard InChI is InChI=1S/C85H122N2O22/c1-49-26-18-16-19-27-50(2)63(102-11)44-57-33-31-55(7)85(100,109-57)79(96)80(97)87-39-25-22-28-60(87)82(99)107-64(45-61(88)51(3)41-54(6)75(93)78(104-13)74(92)53(5)40-49)52(4)42-56-32-35-62(65(43-56)103-12)105-69(90)29-20-14-15-21-30-70(91)106-66-46-83(8)59(34-36-67(83)89)71-73(66)84(9)68(48-101-10)108-81(98)58(72(84)77(95)76(71)94)47-86-37-23-17-24-38-86/h16,18-19,26-27,41,47,49,51-53,55-57,59-60,62-66,68,75,78,93,95,100H,14-15,17,20-25,28-40,42-46,48H2,1-13H3/b19-16+,26-18+,50-27+,54-41+,58-47-/t49-,51-,52-,53-,55-,56+,57+,59+,60+,62-,63+,64+,65-,66-,68-,75-,78+,83+,84+,85-/m1/s1. The second-order valence-electron chi connectivity index (χ2n) is 33.2. The molecule has 9 rings (SSSR count). The Hall–Kier alpha value is -6.80. The van der Waals surface area contributed by atoms with E-state index in [0.717, 1.165) is 24.8 Å². The van der Waals surface area contributed by atoms with Gasteiger partial charge in [0.05, 0.1) is 35.9 Å². The highest BCUT2D eigenvalue weighted by Crippen LogP contribution is 2.63. The summed E-state index contributed by atoms with van der Waals surface area (Å²) in [4.78, 5) is 146. The van der Waals surface area contributed by atoms with Gasteiger partial charge in [-0.25, -0.2) is 9.59 Å². The summed E-state index contributed by atoms with van der Waals surface area (Å²) < 4.78 is 54.4. The highest BCUT2D eigenvalue weighted by atomic mass is 16.6. The van der Waals surface area contributed by atoms with Crippen molar-refractivity contribution >= 4 is 58.7 Å². The second kappa shape index (κ2) is 38.1. The average Bonchev–Trinajstić information content (AvgIpc) is 1.66.